The number of hydrogen-bond donors (Lipinski definition) is 2. The van der Waals surface area contributed by atoms with Crippen molar-refractivity contribution in [2.45, 2.75) is 39.2 Å². The fourth-order valence-electron chi connectivity index (χ4n) is 1.38. The second-order valence-corrected chi connectivity index (χ2v) is 5.32. The zero-order valence-electron chi connectivity index (χ0n) is 9.91. The van der Waals surface area contributed by atoms with Gasteiger partial charge < -0.3 is 10.4 Å². The van der Waals surface area contributed by atoms with Gasteiger partial charge in [0.05, 0.1) is 11.2 Å². The molecule has 1 amide bonds. The zero-order valence-corrected chi connectivity index (χ0v) is 10.7. The van der Waals surface area contributed by atoms with E-state index in [4.69, 9.17) is 5.11 Å². The Hall–Kier alpha value is -0.940. The molecule has 1 atom stereocenters. The van der Waals surface area contributed by atoms with Crippen LogP contribution in [0.5, 0.6) is 0 Å². The van der Waals surface area contributed by atoms with E-state index >= 15 is 0 Å². The highest BCUT2D eigenvalue weighted by Gasteiger charge is 2.24. The van der Waals surface area contributed by atoms with Gasteiger partial charge in [0.15, 0.2) is 0 Å². The van der Waals surface area contributed by atoms with Gasteiger partial charge in [-0.15, -0.1) is 11.3 Å². The lowest BCUT2D eigenvalue weighted by molar-refractivity contribution is 0.0890. The second kappa shape index (κ2) is 5.41. The highest BCUT2D eigenvalue weighted by atomic mass is 32.1. The molecule has 1 aromatic rings. The molecule has 4 nitrogen and oxygen atoms in total. The summed E-state index contributed by atoms with van der Waals surface area (Å²) in [6, 6.07) is 0. The maximum absolute atomic E-state index is 11.9. The van der Waals surface area contributed by atoms with Crippen LogP contribution in [0.15, 0.2) is 6.20 Å². The van der Waals surface area contributed by atoms with Crippen molar-refractivity contribution in [3.05, 3.63) is 16.1 Å². The predicted octanol–water partition coefficient (Wildman–Crippen LogP) is 1.73. The van der Waals surface area contributed by atoms with E-state index in [2.05, 4.69) is 10.3 Å². The van der Waals surface area contributed by atoms with E-state index < -0.39 is 0 Å². The Kier molecular flexibility index (Phi) is 4.44. The fraction of sp³-hybridized carbons (Fsp3) is 0.636. The van der Waals surface area contributed by atoms with Crippen LogP contribution >= 0.6 is 11.3 Å². The van der Waals surface area contributed by atoms with Crippen LogP contribution in [0.4, 0.5) is 0 Å². The van der Waals surface area contributed by atoms with Crippen LogP contribution in [0.2, 0.25) is 0 Å². The monoisotopic (exact) mass is 242 g/mol. The third kappa shape index (κ3) is 3.28. The van der Waals surface area contributed by atoms with Crippen molar-refractivity contribution in [1.29, 1.82) is 0 Å². The van der Waals surface area contributed by atoms with E-state index in [0.29, 0.717) is 11.3 Å². The molecule has 0 aromatic carbocycles. The minimum absolute atomic E-state index is 0.0757. The molecule has 0 aliphatic carbocycles. The quantitative estimate of drug-likeness (QED) is 0.826. The van der Waals surface area contributed by atoms with E-state index in [-0.39, 0.29) is 18.1 Å². The summed E-state index contributed by atoms with van der Waals surface area (Å²) >= 11 is 1.38. The molecule has 1 heterocycles. The predicted molar refractivity (Wildman–Crippen MR) is 64.7 cm³/mol. The zero-order chi connectivity index (χ0) is 12.2. The average molecular weight is 242 g/mol. The first kappa shape index (κ1) is 13.1. The van der Waals surface area contributed by atoms with Crippen molar-refractivity contribution in [1.82, 2.24) is 10.3 Å². The van der Waals surface area contributed by atoms with Crippen LogP contribution in [-0.2, 0) is 0 Å². The van der Waals surface area contributed by atoms with Gasteiger partial charge in [0.1, 0.15) is 4.88 Å². The summed E-state index contributed by atoms with van der Waals surface area (Å²) in [5.74, 6) is -0.108. The topological polar surface area (TPSA) is 62.2 Å². The third-order valence-corrected chi connectivity index (χ3v) is 3.62. The Bertz CT molecular complexity index is 365. The van der Waals surface area contributed by atoms with Gasteiger partial charge in [-0.1, -0.05) is 6.92 Å². The van der Waals surface area contributed by atoms with Crippen LogP contribution in [0.3, 0.4) is 0 Å². The minimum Gasteiger partial charge on any atom is -0.396 e. The number of rotatable bonds is 5. The van der Waals surface area contributed by atoms with Crippen molar-refractivity contribution >= 4 is 17.2 Å². The first-order valence-corrected chi connectivity index (χ1v) is 6.18. The van der Waals surface area contributed by atoms with Crippen molar-refractivity contribution < 1.29 is 9.90 Å². The number of carbonyl (C=O) groups is 1. The number of thiazole rings is 1. The van der Waals surface area contributed by atoms with E-state index in [1.54, 1.807) is 6.20 Å². The molecule has 0 saturated heterocycles. The average Bonchev–Trinajstić information content (AvgIpc) is 2.65. The molecule has 16 heavy (non-hydrogen) atoms. The number of hydrogen-bond acceptors (Lipinski definition) is 4. The van der Waals surface area contributed by atoms with Crippen molar-refractivity contribution in [3.63, 3.8) is 0 Å². The summed E-state index contributed by atoms with van der Waals surface area (Å²) in [6.45, 7) is 5.88. The Balaban J connectivity index is 2.69. The molecule has 5 heteroatoms. The van der Waals surface area contributed by atoms with E-state index in [1.165, 1.54) is 11.3 Å². The number of aliphatic hydroxyl groups excluding tert-OH is 1. The summed E-state index contributed by atoms with van der Waals surface area (Å²) < 4.78 is 0. The van der Waals surface area contributed by atoms with E-state index in [9.17, 15) is 4.79 Å². The van der Waals surface area contributed by atoms with Gasteiger partial charge in [-0.3, -0.25) is 4.79 Å². The van der Waals surface area contributed by atoms with Gasteiger partial charge in [0.2, 0.25) is 0 Å². The van der Waals surface area contributed by atoms with Crippen LogP contribution < -0.4 is 5.32 Å². The number of aryl methyl sites for hydroxylation is 1. The Morgan fingerprint density at radius 2 is 2.38 bits per heavy atom. The Morgan fingerprint density at radius 3 is 2.81 bits per heavy atom. The number of carbonyl (C=O) groups excluding carboxylic acids is 1. The lowest BCUT2D eigenvalue weighted by Crippen LogP contribution is -2.45. The standard InChI is InChI=1S/C11H18N2O2S/c1-4-11(3,5-6-14)13-10(15)9-7-12-8(2)16-9/h7,14H,4-6H2,1-3H3,(H,13,15). The largest absolute Gasteiger partial charge is 0.396 e. The molecule has 0 bridgehead atoms. The lowest BCUT2D eigenvalue weighted by atomic mass is 9.95. The summed E-state index contributed by atoms with van der Waals surface area (Å²) in [4.78, 5) is 16.6. The van der Waals surface area contributed by atoms with Crippen LogP contribution in [0, 0.1) is 6.92 Å². The molecule has 0 fully saturated rings. The van der Waals surface area contributed by atoms with Gasteiger partial charge in [-0.2, -0.15) is 0 Å². The SMILES string of the molecule is CCC(C)(CCO)NC(=O)c1cnc(C)s1. The summed E-state index contributed by atoms with van der Waals surface area (Å²) in [7, 11) is 0. The lowest BCUT2D eigenvalue weighted by Gasteiger charge is -2.28. The van der Waals surface area contributed by atoms with Gasteiger partial charge in [-0.25, -0.2) is 4.98 Å². The maximum Gasteiger partial charge on any atom is 0.263 e. The van der Waals surface area contributed by atoms with Crippen molar-refractivity contribution in [2.24, 2.45) is 0 Å². The first-order valence-electron chi connectivity index (χ1n) is 5.36. The first-order chi connectivity index (χ1) is 7.50. The van der Waals surface area contributed by atoms with Crippen molar-refractivity contribution in [3.8, 4) is 0 Å². The fourth-order valence-corrected chi connectivity index (χ4v) is 2.05. The summed E-state index contributed by atoms with van der Waals surface area (Å²) in [5, 5.41) is 12.8. The molecule has 0 spiro atoms. The van der Waals surface area contributed by atoms with Crippen LogP contribution in [0.1, 0.15) is 41.4 Å². The summed E-state index contributed by atoms with van der Waals surface area (Å²) in [6.07, 6.45) is 2.94. The number of nitrogens with zero attached hydrogens (tertiary/aromatic N) is 1. The highest BCUT2D eigenvalue weighted by molar-refractivity contribution is 7.13. The van der Waals surface area contributed by atoms with E-state index in [0.717, 1.165) is 11.4 Å². The van der Waals surface area contributed by atoms with Crippen molar-refractivity contribution in [2.75, 3.05) is 6.61 Å². The van der Waals surface area contributed by atoms with Gasteiger partial charge >= 0.3 is 0 Å². The maximum atomic E-state index is 11.9. The number of nitrogens with one attached hydrogen (secondary N) is 1. The molecule has 0 aliphatic heterocycles. The molecule has 1 aromatic heterocycles. The third-order valence-electron chi connectivity index (χ3n) is 2.70. The molecule has 0 aliphatic rings. The van der Waals surface area contributed by atoms with Crippen LogP contribution in [-0.4, -0.2) is 28.1 Å². The Morgan fingerprint density at radius 1 is 1.69 bits per heavy atom. The number of aromatic nitrogens is 1. The molecule has 2 N–H and O–H groups in total. The molecule has 0 saturated carbocycles. The molecule has 1 unspecified atom stereocenters. The van der Waals surface area contributed by atoms with Gasteiger partial charge in [0.25, 0.3) is 5.91 Å². The smallest absolute Gasteiger partial charge is 0.263 e. The van der Waals surface area contributed by atoms with Gasteiger partial charge in [-0.05, 0) is 26.7 Å². The number of aliphatic hydroxyl groups is 1. The highest BCUT2D eigenvalue weighted by Crippen LogP contribution is 2.17. The Labute approximate surface area is 99.7 Å². The molecular formula is C11H18N2O2S. The van der Waals surface area contributed by atoms with Gasteiger partial charge in [0, 0.05) is 12.1 Å². The number of amides is 1. The normalized spacial score (nSPS) is 14.5. The second-order valence-electron chi connectivity index (χ2n) is 4.09. The van der Waals surface area contributed by atoms with Crippen LogP contribution in [0.25, 0.3) is 0 Å². The summed E-state index contributed by atoms with van der Waals surface area (Å²) in [5.41, 5.74) is -0.344. The molecule has 90 valence electrons. The molecule has 1 rings (SSSR count). The molecule has 0 radical (unpaired) electrons. The minimum atomic E-state index is -0.344. The van der Waals surface area contributed by atoms with E-state index in [1.807, 2.05) is 20.8 Å². The molecular weight excluding hydrogens is 224 g/mol.